The summed E-state index contributed by atoms with van der Waals surface area (Å²) in [5, 5.41) is 19.0. The number of pyridine rings is 1. The summed E-state index contributed by atoms with van der Waals surface area (Å²) in [5.74, 6) is -0.842. The number of nitrogen functional groups attached to an aromatic ring is 1. The van der Waals surface area contributed by atoms with Gasteiger partial charge in [0.2, 0.25) is 0 Å². The maximum atomic E-state index is 13.6. The van der Waals surface area contributed by atoms with Gasteiger partial charge in [0.15, 0.2) is 11.6 Å². The minimum absolute atomic E-state index is 0.115. The molecule has 0 aliphatic carbocycles. The lowest BCUT2D eigenvalue weighted by Gasteiger charge is -2.13. The fourth-order valence-corrected chi connectivity index (χ4v) is 3.53. The van der Waals surface area contributed by atoms with Crippen LogP contribution in [0.2, 0.25) is 0 Å². The van der Waals surface area contributed by atoms with E-state index in [4.69, 9.17) is 15.6 Å². The van der Waals surface area contributed by atoms with E-state index in [1.54, 1.807) is 41.5 Å². The molecule has 5 rings (SSSR count). The number of nitrogens with zero attached hydrogens (tertiary/aromatic N) is 5. The molecule has 3 N–H and O–H groups in total. The van der Waals surface area contributed by atoms with E-state index in [1.807, 2.05) is 12.1 Å². The van der Waals surface area contributed by atoms with Crippen molar-refractivity contribution in [3.63, 3.8) is 0 Å². The molecule has 3 heterocycles. The summed E-state index contributed by atoms with van der Waals surface area (Å²) in [6.45, 7) is -0.128. The van der Waals surface area contributed by atoms with Crippen molar-refractivity contribution in [2.75, 3.05) is 5.73 Å². The Balaban J connectivity index is 1.52. The predicted molar refractivity (Wildman–Crippen MR) is 115 cm³/mol. The average molecular weight is 432 g/mol. The second-order valence-electron chi connectivity index (χ2n) is 7.21. The van der Waals surface area contributed by atoms with Gasteiger partial charge in [0.1, 0.15) is 19.0 Å². The van der Waals surface area contributed by atoms with Gasteiger partial charge in [0.05, 0.1) is 16.7 Å². The smallest absolute Gasteiger partial charge is 0.325 e. The SMILES string of the molecule is Nc1nc2ccc(F)cc2cc1OCc1cc2nn(CC(=O)O)cc2cc1-n1cccn1. The number of anilines is 1. The maximum absolute atomic E-state index is 13.6. The number of carbonyl (C=O) groups is 1. The molecular formula is C22H17FN6O3. The van der Waals surface area contributed by atoms with Gasteiger partial charge >= 0.3 is 5.97 Å². The zero-order chi connectivity index (χ0) is 22.2. The van der Waals surface area contributed by atoms with E-state index < -0.39 is 5.97 Å². The molecule has 5 aromatic rings. The summed E-state index contributed by atoms with van der Waals surface area (Å²) >= 11 is 0. The first-order valence-electron chi connectivity index (χ1n) is 9.67. The third-order valence-corrected chi connectivity index (χ3v) is 4.95. The molecule has 10 heteroatoms. The van der Waals surface area contributed by atoms with Crippen LogP contribution < -0.4 is 10.5 Å². The van der Waals surface area contributed by atoms with E-state index >= 15 is 0 Å². The molecule has 0 bridgehead atoms. The number of hydrogen-bond acceptors (Lipinski definition) is 6. The van der Waals surface area contributed by atoms with E-state index in [1.165, 1.54) is 16.8 Å². The Morgan fingerprint density at radius 1 is 1.16 bits per heavy atom. The Morgan fingerprint density at radius 3 is 2.81 bits per heavy atom. The van der Waals surface area contributed by atoms with Gasteiger partial charge < -0.3 is 15.6 Å². The van der Waals surface area contributed by atoms with Crippen LogP contribution in [0, 0.1) is 5.82 Å². The number of aliphatic carboxylic acids is 1. The lowest BCUT2D eigenvalue weighted by Crippen LogP contribution is -2.08. The molecule has 0 unspecified atom stereocenters. The van der Waals surface area contributed by atoms with Crippen molar-refractivity contribution in [3.05, 3.63) is 72.4 Å². The van der Waals surface area contributed by atoms with Gasteiger partial charge in [-0.3, -0.25) is 9.48 Å². The van der Waals surface area contributed by atoms with Crippen LogP contribution in [0.25, 0.3) is 27.5 Å². The van der Waals surface area contributed by atoms with E-state index in [0.717, 1.165) is 16.6 Å². The number of aromatic nitrogens is 5. The molecule has 0 fully saturated rings. The Kier molecular flexibility index (Phi) is 4.66. The highest BCUT2D eigenvalue weighted by atomic mass is 19.1. The number of carboxylic acid groups (broad SMARTS) is 1. The fraction of sp³-hybridized carbons (Fsp3) is 0.0909. The number of fused-ring (bicyclic) bond motifs is 2. The number of ether oxygens (including phenoxy) is 1. The van der Waals surface area contributed by atoms with E-state index in [0.29, 0.717) is 22.2 Å². The molecule has 0 amide bonds. The highest BCUT2D eigenvalue weighted by molar-refractivity contribution is 5.83. The van der Waals surface area contributed by atoms with Crippen LogP contribution in [0.3, 0.4) is 0 Å². The molecule has 3 aromatic heterocycles. The number of rotatable bonds is 6. The van der Waals surface area contributed by atoms with Crippen LogP contribution in [0.15, 0.2) is 61.1 Å². The summed E-state index contributed by atoms with van der Waals surface area (Å²) in [6.07, 6.45) is 5.12. The quantitative estimate of drug-likeness (QED) is 0.423. The molecule has 0 aliphatic heterocycles. The van der Waals surface area contributed by atoms with Gasteiger partial charge in [-0.25, -0.2) is 14.1 Å². The summed E-state index contributed by atoms with van der Waals surface area (Å²) in [6, 6.07) is 11.4. The van der Waals surface area contributed by atoms with Gasteiger partial charge in [0, 0.05) is 34.9 Å². The lowest BCUT2D eigenvalue weighted by molar-refractivity contribution is -0.137. The number of hydrogen-bond donors (Lipinski definition) is 2. The van der Waals surface area contributed by atoms with Crippen molar-refractivity contribution < 1.29 is 19.0 Å². The van der Waals surface area contributed by atoms with Gasteiger partial charge in [-0.2, -0.15) is 10.2 Å². The normalized spacial score (nSPS) is 11.3. The third kappa shape index (κ3) is 3.69. The Morgan fingerprint density at radius 2 is 2.03 bits per heavy atom. The zero-order valence-corrected chi connectivity index (χ0v) is 16.6. The van der Waals surface area contributed by atoms with Gasteiger partial charge in [-0.05, 0) is 42.5 Å². The summed E-state index contributed by atoms with van der Waals surface area (Å²) in [5.41, 5.74) is 8.73. The van der Waals surface area contributed by atoms with Gasteiger partial charge in [0.25, 0.3) is 0 Å². The van der Waals surface area contributed by atoms with Crippen LogP contribution in [0.1, 0.15) is 5.56 Å². The van der Waals surface area contributed by atoms with E-state index in [2.05, 4.69) is 15.2 Å². The second kappa shape index (κ2) is 7.65. The average Bonchev–Trinajstić information content (AvgIpc) is 3.40. The number of halogens is 1. The molecule has 0 spiro atoms. The third-order valence-electron chi connectivity index (χ3n) is 4.95. The fourth-order valence-electron chi connectivity index (χ4n) is 3.53. The maximum Gasteiger partial charge on any atom is 0.325 e. The second-order valence-corrected chi connectivity index (χ2v) is 7.21. The van der Waals surface area contributed by atoms with Crippen molar-refractivity contribution in [1.29, 1.82) is 0 Å². The molecule has 0 saturated carbocycles. The first-order chi connectivity index (χ1) is 15.5. The highest BCUT2D eigenvalue weighted by Gasteiger charge is 2.14. The number of benzene rings is 2. The number of nitrogens with two attached hydrogens (primary N) is 1. The molecular weight excluding hydrogens is 415 g/mol. The predicted octanol–water partition coefficient (Wildman–Crippen LogP) is 3.16. The number of carboxylic acids is 1. The summed E-state index contributed by atoms with van der Waals surface area (Å²) < 4.78 is 22.6. The molecule has 160 valence electrons. The summed E-state index contributed by atoms with van der Waals surface area (Å²) in [4.78, 5) is 15.3. The van der Waals surface area contributed by atoms with Crippen molar-refractivity contribution in [2.24, 2.45) is 0 Å². The van der Waals surface area contributed by atoms with Crippen LogP contribution in [0.5, 0.6) is 5.75 Å². The molecule has 32 heavy (non-hydrogen) atoms. The molecule has 0 atom stereocenters. The molecule has 0 radical (unpaired) electrons. The molecule has 9 nitrogen and oxygen atoms in total. The van der Waals surface area contributed by atoms with Gasteiger partial charge in [-0.1, -0.05) is 0 Å². The van der Waals surface area contributed by atoms with Crippen LogP contribution in [-0.4, -0.2) is 35.6 Å². The Bertz CT molecular complexity index is 1460. The van der Waals surface area contributed by atoms with Crippen molar-refractivity contribution in [3.8, 4) is 11.4 Å². The van der Waals surface area contributed by atoms with Crippen LogP contribution >= 0.6 is 0 Å². The van der Waals surface area contributed by atoms with Crippen molar-refractivity contribution >= 4 is 33.6 Å². The molecule has 0 aliphatic rings. The van der Waals surface area contributed by atoms with E-state index in [9.17, 15) is 9.18 Å². The zero-order valence-electron chi connectivity index (χ0n) is 16.6. The minimum Gasteiger partial charge on any atom is -0.485 e. The summed E-state index contributed by atoms with van der Waals surface area (Å²) in [7, 11) is 0. The van der Waals surface area contributed by atoms with Crippen LogP contribution in [-0.2, 0) is 17.9 Å². The monoisotopic (exact) mass is 432 g/mol. The first-order valence-corrected chi connectivity index (χ1v) is 9.67. The molecule has 2 aromatic carbocycles. The van der Waals surface area contributed by atoms with E-state index in [-0.39, 0.29) is 24.8 Å². The topological polar surface area (TPSA) is 121 Å². The largest absolute Gasteiger partial charge is 0.485 e. The minimum atomic E-state index is -0.982. The standard InChI is InChI=1S/C22H17FN6O3/c23-16-2-3-17-13(6-16)9-20(22(24)26-17)32-12-15-7-18-14(10-28(27-18)11-21(30)31)8-19(15)29-5-1-4-25-29/h1-10H,11-12H2,(H2,24,26)(H,30,31). The Hall–Kier alpha value is -4.47. The van der Waals surface area contributed by atoms with Gasteiger partial charge in [-0.15, -0.1) is 0 Å². The van der Waals surface area contributed by atoms with Crippen LogP contribution in [0.4, 0.5) is 10.2 Å². The van der Waals surface area contributed by atoms with Crippen molar-refractivity contribution in [2.45, 2.75) is 13.2 Å². The van der Waals surface area contributed by atoms with Crippen molar-refractivity contribution in [1.82, 2.24) is 24.5 Å². The lowest BCUT2D eigenvalue weighted by atomic mass is 10.1. The highest BCUT2D eigenvalue weighted by Crippen LogP contribution is 2.28. The first kappa shape index (κ1) is 19.5. The Labute approximate surface area is 180 Å². The molecule has 0 saturated heterocycles.